The van der Waals surface area contributed by atoms with Gasteiger partial charge in [-0.2, -0.15) is 8.42 Å². The van der Waals surface area contributed by atoms with Crippen LogP contribution in [0, 0.1) is 6.92 Å². The first kappa shape index (κ1) is 12.6. The highest BCUT2D eigenvalue weighted by Gasteiger charge is 2.24. The van der Waals surface area contributed by atoms with E-state index in [1.807, 2.05) is 6.92 Å². The first-order chi connectivity index (χ1) is 7.99. The summed E-state index contributed by atoms with van der Waals surface area (Å²) in [5.74, 6) is 2.35. The molecule has 0 atom stereocenters. The molecule has 0 aromatic heterocycles. The lowest BCUT2D eigenvalue weighted by Crippen LogP contribution is -2.15. The molecule has 0 aliphatic carbocycles. The first-order valence-corrected chi connectivity index (χ1v) is 8.29. The Kier molecular flexibility index (Phi) is 3.53. The van der Waals surface area contributed by atoms with Crippen molar-refractivity contribution in [2.45, 2.75) is 24.7 Å². The van der Waals surface area contributed by atoms with E-state index in [-0.39, 0.29) is 4.90 Å². The molecule has 1 fully saturated rings. The minimum Gasteiger partial charge on any atom is -0.379 e. The molecule has 4 rings (SSSR count). The molecule has 3 aliphatic rings. The molecule has 2 bridgehead atoms. The Balaban J connectivity index is 0.000000153. The van der Waals surface area contributed by atoms with Crippen LogP contribution in [0.3, 0.4) is 0 Å². The number of rotatable bonds is 0. The largest absolute Gasteiger partial charge is 0.379 e. The van der Waals surface area contributed by atoms with Crippen molar-refractivity contribution >= 4 is 20.9 Å². The van der Waals surface area contributed by atoms with E-state index in [1.165, 1.54) is 12.8 Å². The molecular formula is C11H14O4S2. The monoisotopic (exact) mass is 274 g/mol. The highest BCUT2D eigenvalue weighted by atomic mass is 32.2. The first-order valence-electron chi connectivity index (χ1n) is 5.39. The van der Waals surface area contributed by atoms with Gasteiger partial charge in [-0.3, -0.25) is 4.21 Å². The van der Waals surface area contributed by atoms with E-state index >= 15 is 0 Å². The fourth-order valence-electron chi connectivity index (χ4n) is 1.67. The summed E-state index contributed by atoms with van der Waals surface area (Å²) in [5.41, 5.74) is 0.859. The third kappa shape index (κ3) is 2.87. The smallest absolute Gasteiger partial charge is 0.339 e. The van der Waals surface area contributed by atoms with Crippen LogP contribution in [0.5, 0.6) is 5.75 Å². The van der Waals surface area contributed by atoms with Gasteiger partial charge in [0.1, 0.15) is 10.6 Å². The summed E-state index contributed by atoms with van der Waals surface area (Å²) in [6.07, 6.45) is 2.37. The fourth-order valence-corrected chi connectivity index (χ4v) is 4.00. The number of aryl methyl sites for hydroxylation is 1. The lowest BCUT2D eigenvalue weighted by atomic mass is 10.2. The van der Waals surface area contributed by atoms with Gasteiger partial charge in [0.25, 0.3) is 0 Å². The second kappa shape index (κ2) is 4.78. The van der Waals surface area contributed by atoms with Crippen LogP contribution in [-0.4, -0.2) is 24.1 Å². The minimum atomic E-state index is -3.44. The van der Waals surface area contributed by atoms with Crippen LogP contribution >= 0.6 is 0 Å². The average Bonchev–Trinajstić information content (AvgIpc) is 2.71. The Morgan fingerprint density at radius 3 is 2.12 bits per heavy atom. The van der Waals surface area contributed by atoms with Crippen LogP contribution in [0.2, 0.25) is 0 Å². The Morgan fingerprint density at radius 2 is 1.88 bits per heavy atom. The van der Waals surface area contributed by atoms with Gasteiger partial charge in [-0.1, -0.05) is 0 Å². The average molecular weight is 274 g/mol. The second-order valence-electron chi connectivity index (χ2n) is 4.02. The molecule has 0 saturated carbocycles. The summed E-state index contributed by atoms with van der Waals surface area (Å²) < 4.78 is 37.1. The van der Waals surface area contributed by atoms with Gasteiger partial charge in [0.15, 0.2) is 0 Å². The van der Waals surface area contributed by atoms with Gasteiger partial charge >= 0.3 is 10.1 Å². The van der Waals surface area contributed by atoms with Crippen LogP contribution in [0.25, 0.3) is 0 Å². The highest BCUT2D eigenvalue weighted by molar-refractivity contribution is 7.87. The Bertz CT molecular complexity index is 541. The van der Waals surface area contributed by atoms with E-state index in [1.54, 1.807) is 18.2 Å². The molecule has 0 radical (unpaired) electrons. The normalized spacial score (nSPS) is 20.5. The van der Waals surface area contributed by atoms with Gasteiger partial charge in [-0.15, -0.1) is 0 Å². The maximum atomic E-state index is 11.0. The lowest BCUT2D eigenvalue weighted by Gasteiger charge is -2.15. The zero-order valence-corrected chi connectivity index (χ0v) is 11.1. The number of benzene rings is 1. The van der Waals surface area contributed by atoms with Gasteiger partial charge in [-0.05, 0) is 43.5 Å². The predicted molar refractivity (Wildman–Crippen MR) is 66.1 cm³/mol. The molecule has 1 aromatic carbocycles. The van der Waals surface area contributed by atoms with Crippen molar-refractivity contribution < 1.29 is 16.8 Å². The van der Waals surface area contributed by atoms with Crippen molar-refractivity contribution in [1.82, 2.24) is 0 Å². The number of hydrogen-bond donors (Lipinski definition) is 0. The third-order valence-corrected chi connectivity index (χ3v) is 5.35. The molecule has 4 nitrogen and oxygen atoms in total. The van der Waals surface area contributed by atoms with Crippen LogP contribution < -0.4 is 4.18 Å². The van der Waals surface area contributed by atoms with Gasteiger partial charge in [0, 0.05) is 22.3 Å². The van der Waals surface area contributed by atoms with Crippen molar-refractivity contribution in [3.05, 3.63) is 23.8 Å². The summed E-state index contributed by atoms with van der Waals surface area (Å²) in [6.45, 7) is 1.81. The molecular weight excluding hydrogens is 260 g/mol. The topological polar surface area (TPSA) is 60.4 Å². The Hall–Kier alpha value is -0.880. The Labute approximate surface area is 104 Å². The van der Waals surface area contributed by atoms with E-state index in [9.17, 15) is 12.6 Å². The fraction of sp³-hybridized carbons (Fsp3) is 0.455. The highest BCUT2D eigenvalue weighted by Crippen LogP contribution is 2.30. The summed E-state index contributed by atoms with van der Waals surface area (Å²) in [5, 5.41) is 0. The van der Waals surface area contributed by atoms with Crippen molar-refractivity contribution in [3.63, 3.8) is 0 Å². The van der Waals surface area contributed by atoms with Crippen LogP contribution in [0.15, 0.2) is 23.1 Å². The summed E-state index contributed by atoms with van der Waals surface area (Å²) in [4.78, 5) is 0.241. The minimum absolute atomic E-state index is 0.241. The van der Waals surface area contributed by atoms with Gasteiger partial charge in [0.05, 0.1) is 0 Å². The van der Waals surface area contributed by atoms with E-state index in [0.717, 1.165) is 17.1 Å². The second-order valence-corrected chi connectivity index (χ2v) is 7.26. The zero-order valence-electron chi connectivity index (χ0n) is 9.51. The zero-order chi connectivity index (χ0) is 12.5. The SMILES string of the molecule is Cc1cc2ccc1OS2(=O)=O.O=S1CCCC1. The molecule has 0 N–H and O–H groups in total. The Morgan fingerprint density at radius 1 is 1.24 bits per heavy atom. The summed E-state index contributed by atoms with van der Waals surface area (Å²) in [6, 6.07) is 4.81. The van der Waals surface area contributed by atoms with Crippen molar-refractivity contribution in [3.8, 4) is 5.75 Å². The summed E-state index contributed by atoms with van der Waals surface area (Å²) >= 11 is 0. The predicted octanol–water partition coefficient (Wildman–Crippen LogP) is 1.61. The third-order valence-electron chi connectivity index (χ3n) is 2.63. The van der Waals surface area contributed by atoms with E-state index < -0.39 is 20.9 Å². The molecule has 1 aromatic rings. The molecule has 3 heterocycles. The van der Waals surface area contributed by atoms with Gasteiger partial charge in [-0.25, -0.2) is 0 Å². The van der Waals surface area contributed by atoms with Crippen LogP contribution in [0.4, 0.5) is 0 Å². The van der Waals surface area contributed by atoms with Gasteiger partial charge < -0.3 is 4.18 Å². The quantitative estimate of drug-likeness (QED) is 0.674. The molecule has 0 unspecified atom stereocenters. The van der Waals surface area contributed by atoms with Crippen molar-refractivity contribution in [2.75, 3.05) is 11.5 Å². The molecule has 0 amide bonds. The molecule has 3 aliphatic heterocycles. The van der Waals surface area contributed by atoms with E-state index in [2.05, 4.69) is 4.18 Å². The summed E-state index contributed by atoms with van der Waals surface area (Å²) in [7, 11) is -3.86. The molecule has 1 saturated heterocycles. The maximum absolute atomic E-state index is 11.0. The standard InChI is InChI=1S/C7H6O3S.C4H8OS/c1-5-4-6-2-3-7(5)10-11(6,8)9;5-6-3-1-2-4-6/h2-4H,1H3;1-4H2. The van der Waals surface area contributed by atoms with Gasteiger partial charge in [0.2, 0.25) is 0 Å². The van der Waals surface area contributed by atoms with E-state index in [0.29, 0.717) is 5.75 Å². The van der Waals surface area contributed by atoms with Crippen LogP contribution in [-0.2, 0) is 20.9 Å². The van der Waals surface area contributed by atoms with Crippen LogP contribution in [0.1, 0.15) is 18.4 Å². The molecule has 94 valence electrons. The molecule has 17 heavy (non-hydrogen) atoms. The van der Waals surface area contributed by atoms with Crippen molar-refractivity contribution in [1.29, 1.82) is 0 Å². The molecule has 0 spiro atoms. The maximum Gasteiger partial charge on any atom is 0.339 e. The van der Waals surface area contributed by atoms with E-state index in [4.69, 9.17) is 0 Å². The molecule has 6 heteroatoms. The number of hydrogen-bond acceptors (Lipinski definition) is 4. The number of fused-ring (bicyclic) bond motifs is 3. The van der Waals surface area contributed by atoms with Crippen molar-refractivity contribution in [2.24, 2.45) is 0 Å². The lowest BCUT2D eigenvalue weighted by molar-refractivity contribution is 0.475.